The van der Waals surface area contributed by atoms with Crippen molar-refractivity contribution in [2.45, 2.75) is 83.7 Å². The second-order valence-corrected chi connectivity index (χ2v) is 6.67. The van der Waals surface area contributed by atoms with Crippen LogP contribution in [0.4, 0.5) is 0 Å². The van der Waals surface area contributed by atoms with Gasteiger partial charge in [-0.05, 0) is 32.1 Å². The van der Waals surface area contributed by atoms with Gasteiger partial charge in [-0.15, -0.1) is 0 Å². The van der Waals surface area contributed by atoms with Gasteiger partial charge in [-0.2, -0.15) is 0 Å². The van der Waals surface area contributed by atoms with Crippen LogP contribution in [0.25, 0.3) is 0 Å². The lowest BCUT2D eigenvalue weighted by Crippen LogP contribution is -2.63. The first-order valence-corrected chi connectivity index (χ1v) is 8.76. The van der Waals surface area contributed by atoms with E-state index in [1.165, 1.54) is 38.5 Å². The largest absolute Gasteiger partial charge is 0.343 e. The predicted molar refractivity (Wildman–Crippen MR) is 83.8 cm³/mol. The van der Waals surface area contributed by atoms with Crippen molar-refractivity contribution in [1.29, 1.82) is 0 Å². The molecule has 1 heterocycles. The fourth-order valence-electron chi connectivity index (χ4n) is 3.26. The molecule has 2 rings (SSSR count). The Kier molecular flexibility index (Phi) is 6.07. The van der Waals surface area contributed by atoms with E-state index >= 15 is 0 Å². The number of hydrogen-bond acceptors (Lipinski definition) is 2. The first-order valence-electron chi connectivity index (χ1n) is 8.76. The van der Waals surface area contributed by atoms with Crippen LogP contribution in [0.15, 0.2) is 0 Å². The smallest absolute Gasteiger partial charge is 0.245 e. The van der Waals surface area contributed by atoms with Gasteiger partial charge >= 0.3 is 0 Å². The third kappa shape index (κ3) is 4.45. The standard InChI is InChI=1S/C17H30N2O2/c1-3-4-5-6-7-8-9-12-19-15(14-10-11-14)16(20)18-13(2)17(19)21/h13-15H,3-12H2,1-2H3,(H,18,20). The summed E-state index contributed by atoms with van der Waals surface area (Å²) < 4.78 is 0. The second-order valence-electron chi connectivity index (χ2n) is 6.67. The normalized spacial score (nSPS) is 26.1. The maximum atomic E-state index is 12.3. The minimum Gasteiger partial charge on any atom is -0.343 e. The Morgan fingerprint density at radius 3 is 2.29 bits per heavy atom. The number of hydrogen-bond donors (Lipinski definition) is 1. The molecule has 2 fully saturated rings. The minimum absolute atomic E-state index is 0.0625. The van der Waals surface area contributed by atoms with Crippen LogP contribution in [0.2, 0.25) is 0 Å². The van der Waals surface area contributed by atoms with E-state index in [0.717, 1.165) is 25.8 Å². The fourth-order valence-corrected chi connectivity index (χ4v) is 3.26. The van der Waals surface area contributed by atoms with E-state index in [4.69, 9.17) is 0 Å². The summed E-state index contributed by atoms with van der Waals surface area (Å²) in [4.78, 5) is 26.3. The average Bonchev–Trinajstić information content (AvgIpc) is 3.27. The van der Waals surface area contributed by atoms with Gasteiger partial charge in [-0.1, -0.05) is 45.4 Å². The third-order valence-electron chi connectivity index (χ3n) is 4.69. The summed E-state index contributed by atoms with van der Waals surface area (Å²) in [6, 6.07) is -0.536. The zero-order valence-electron chi connectivity index (χ0n) is 13.6. The summed E-state index contributed by atoms with van der Waals surface area (Å²) in [6.45, 7) is 4.78. The summed E-state index contributed by atoms with van der Waals surface area (Å²) in [5.74, 6) is 0.580. The van der Waals surface area contributed by atoms with E-state index in [-0.39, 0.29) is 23.9 Å². The van der Waals surface area contributed by atoms with Gasteiger partial charge in [0.2, 0.25) is 11.8 Å². The third-order valence-corrected chi connectivity index (χ3v) is 4.69. The molecule has 2 aliphatic rings. The molecular formula is C17H30N2O2. The van der Waals surface area contributed by atoms with Gasteiger partial charge in [0.05, 0.1) is 0 Å². The lowest BCUT2D eigenvalue weighted by Gasteiger charge is -2.38. The zero-order chi connectivity index (χ0) is 15.2. The van der Waals surface area contributed by atoms with Gasteiger partial charge in [0, 0.05) is 6.54 Å². The molecule has 2 unspecified atom stereocenters. The lowest BCUT2D eigenvalue weighted by atomic mass is 10.0. The van der Waals surface area contributed by atoms with Crippen LogP contribution in [0.1, 0.15) is 71.6 Å². The molecule has 1 aliphatic heterocycles. The predicted octanol–water partition coefficient (Wildman–Crippen LogP) is 2.86. The SMILES string of the molecule is CCCCCCCCCN1C(=O)C(C)NC(=O)C1C1CC1. The van der Waals surface area contributed by atoms with Gasteiger partial charge in [0.15, 0.2) is 0 Å². The lowest BCUT2D eigenvalue weighted by molar-refractivity contribution is -0.149. The maximum absolute atomic E-state index is 12.3. The van der Waals surface area contributed by atoms with E-state index in [1.54, 1.807) is 6.92 Å². The molecule has 0 bridgehead atoms. The molecule has 4 nitrogen and oxygen atoms in total. The van der Waals surface area contributed by atoms with E-state index in [1.807, 2.05) is 4.90 Å². The molecule has 1 aliphatic carbocycles. The second kappa shape index (κ2) is 7.81. The Morgan fingerprint density at radius 1 is 1.05 bits per heavy atom. The van der Waals surface area contributed by atoms with Crippen LogP contribution >= 0.6 is 0 Å². The number of nitrogens with zero attached hydrogens (tertiary/aromatic N) is 1. The molecule has 2 atom stereocenters. The summed E-state index contributed by atoms with van der Waals surface area (Å²) in [5, 5.41) is 2.83. The van der Waals surface area contributed by atoms with Crippen LogP contribution < -0.4 is 5.32 Å². The van der Waals surface area contributed by atoms with E-state index in [9.17, 15) is 9.59 Å². The first kappa shape index (κ1) is 16.3. The summed E-state index contributed by atoms with van der Waals surface area (Å²) >= 11 is 0. The number of unbranched alkanes of at least 4 members (excludes halogenated alkanes) is 6. The molecule has 4 heteroatoms. The zero-order valence-corrected chi connectivity index (χ0v) is 13.6. The van der Waals surface area contributed by atoms with Crippen LogP contribution in [0.5, 0.6) is 0 Å². The molecule has 0 aromatic carbocycles. The number of nitrogens with one attached hydrogen (secondary N) is 1. The van der Waals surface area contributed by atoms with Crippen molar-refractivity contribution >= 4 is 11.8 Å². The highest BCUT2D eigenvalue weighted by Crippen LogP contribution is 2.37. The highest BCUT2D eigenvalue weighted by Gasteiger charge is 2.46. The van der Waals surface area contributed by atoms with Gasteiger partial charge in [0.1, 0.15) is 12.1 Å². The number of rotatable bonds is 9. The molecule has 0 spiro atoms. The monoisotopic (exact) mass is 294 g/mol. The van der Waals surface area contributed by atoms with Crippen molar-refractivity contribution < 1.29 is 9.59 Å². The Balaban J connectivity index is 1.75. The van der Waals surface area contributed by atoms with Crippen LogP contribution in [0.3, 0.4) is 0 Å². The van der Waals surface area contributed by atoms with E-state index < -0.39 is 0 Å². The fraction of sp³-hybridized carbons (Fsp3) is 0.882. The molecule has 0 aromatic heterocycles. The average molecular weight is 294 g/mol. The molecule has 1 saturated heterocycles. The Labute approximate surface area is 128 Å². The van der Waals surface area contributed by atoms with Gasteiger partial charge in [-0.3, -0.25) is 9.59 Å². The molecule has 21 heavy (non-hydrogen) atoms. The maximum Gasteiger partial charge on any atom is 0.245 e. The molecular weight excluding hydrogens is 264 g/mol. The van der Waals surface area contributed by atoms with Gasteiger partial charge in [0.25, 0.3) is 0 Å². The minimum atomic E-state index is -0.350. The van der Waals surface area contributed by atoms with Crippen LogP contribution in [0, 0.1) is 5.92 Å². The number of amides is 2. The van der Waals surface area contributed by atoms with Crippen molar-refractivity contribution in [3.05, 3.63) is 0 Å². The van der Waals surface area contributed by atoms with Gasteiger partial charge in [-0.25, -0.2) is 0 Å². The molecule has 1 saturated carbocycles. The topological polar surface area (TPSA) is 49.4 Å². The molecule has 120 valence electrons. The van der Waals surface area contributed by atoms with Gasteiger partial charge < -0.3 is 10.2 Å². The molecule has 0 radical (unpaired) electrons. The molecule has 0 aromatic rings. The molecule has 2 amide bonds. The van der Waals surface area contributed by atoms with E-state index in [0.29, 0.717) is 5.92 Å². The Bertz CT molecular complexity index is 366. The van der Waals surface area contributed by atoms with Crippen LogP contribution in [-0.2, 0) is 9.59 Å². The van der Waals surface area contributed by atoms with Crippen molar-refractivity contribution in [1.82, 2.24) is 10.2 Å². The number of piperazine rings is 1. The highest BCUT2D eigenvalue weighted by atomic mass is 16.2. The van der Waals surface area contributed by atoms with E-state index in [2.05, 4.69) is 12.2 Å². The highest BCUT2D eigenvalue weighted by molar-refractivity contribution is 5.97. The van der Waals surface area contributed by atoms with Crippen LogP contribution in [-0.4, -0.2) is 35.3 Å². The quantitative estimate of drug-likeness (QED) is 0.665. The van der Waals surface area contributed by atoms with Crippen molar-refractivity contribution in [3.63, 3.8) is 0 Å². The summed E-state index contributed by atoms with van der Waals surface area (Å²) in [5.41, 5.74) is 0. The number of carbonyl (C=O) groups is 2. The van der Waals surface area contributed by atoms with Crippen molar-refractivity contribution in [2.24, 2.45) is 5.92 Å². The summed E-state index contributed by atoms with van der Waals surface area (Å²) in [6.07, 6.45) is 10.8. The number of carbonyl (C=O) groups excluding carboxylic acids is 2. The summed E-state index contributed by atoms with van der Waals surface area (Å²) in [7, 11) is 0. The van der Waals surface area contributed by atoms with Crippen molar-refractivity contribution in [3.8, 4) is 0 Å². The van der Waals surface area contributed by atoms with Crippen molar-refractivity contribution in [2.75, 3.05) is 6.54 Å². The first-order chi connectivity index (χ1) is 10.1. The molecule has 1 N–H and O–H groups in total. The Morgan fingerprint density at radius 2 is 1.67 bits per heavy atom. The Hall–Kier alpha value is -1.06.